The van der Waals surface area contributed by atoms with Gasteiger partial charge in [0.25, 0.3) is 0 Å². The lowest BCUT2D eigenvalue weighted by Gasteiger charge is -2.40. The van der Waals surface area contributed by atoms with E-state index in [1.54, 1.807) is 6.92 Å². The van der Waals surface area contributed by atoms with Crippen LogP contribution in [0.15, 0.2) is 82.1 Å². The number of hydrogen-bond acceptors (Lipinski definition) is 6. The molecule has 1 N–H and O–H groups in total. The third-order valence-electron chi connectivity index (χ3n) is 7.69. The Hall–Kier alpha value is -3.71. The fourth-order valence-electron chi connectivity index (χ4n) is 5.33. The molecule has 6 nitrogen and oxygen atoms in total. The lowest BCUT2D eigenvalue weighted by molar-refractivity contribution is -0.159. The molecule has 0 aromatic heterocycles. The quantitative estimate of drug-likeness (QED) is 0.274. The molecule has 0 spiro atoms. The fourth-order valence-corrected chi connectivity index (χ4v) is 6.72. The Morgan fingerprint density at radius 1 is 1.00 bits per heavy atom. The average Bonchev–Trinajstić information content (AvgIpc) is 3.41. The van der Waals surface area contributed by atoms with Crippen LogP contribution in [0, 0.1) is 12.8 Å². The van der Waals surface area contributed by atoms with Gasteiger partial charge in [0.1, 0.15) is 5.60 Å². The number of carbonyl (C=O) groups excluding carboxylic acids is 1. The number of cyclic esters (lactones) is 1. The second-order valence-corrected chi connectivity index (χ2v) is 11.9. The molecule has 208 valence electrons. The van der Waals surface area contributed by atoms with Crippen molar-refractivity contribution in [2.24, 2.45) is 5.92 Å². The molecule has 0 fully saturated rings. The summed E-state index contributed by atoms with van der Waals surface area (Å²) in [6.07, 6.45) is 1.38. The van der Waals surface area contributed by atoms with Crippen LogP contribution in [-0.4, -0.2) is 23.8 Å². The Labute approximate surface area is 239 Å². The van der Waals surface area contributed by atoms with Crippen molar-refractivity contribution in [2.75, 3.05) is 6.79 Å². The molecule has 40 heavy (non-hydrogen) atoms. The number of esters is 1. The Morgan fingerprint density at radius 3 is 2.48 bits per heavy atom. The molecule has 3 aromatic carbocycles. The van der Waals surface area contributed by atoms with Crippen molar-refractivity contribution in [1.29, 1.82) is 0 Å². The van der Waals surface area contributed by atoms with Crippen LogP contribution in [0.25, 0.3) is 0 Å². The Bertz CT molecular complexity index is 1460. The van der Waals surface area contributed by atoms with Crippen LogP contribution in [0.2, 0.25) is 0 Å². The zero-order valence-electron chi connectivity index (χ0n) is 23.2. The van der Waals surface area contributed by atoms with E-state index >= 15 is 0 Å². The van der Waals surface area contributed by atoms with E-state index in [-0.39, 0.29) is 12.7 Å². The summed E-state index contributed by atoms with van der Waals surface area (Å²) >= 11 is 1.33. The van der Waals surface area contributed by atoms with Crippen LogP contribution in [0.5, 0.6) is 11.5 Å². The molecule has 0 amide bonds. The second kappa shape index (κ2) is 11.4. The number of hydrogen-bond donors (Lipinski definition) is 1. The van der Waals surface area contributed by atoms with Gasteiger partial charge in [-0.15, -0.1) is 0 Å². The molecule has 0 aliphatic carbocycles. The molecular formula is C33H34O6S. The Kier molecular flexibility index (Phi) is 7.95. The van der Waals surface area contributed by atoms with E-state index in [0.717, 1.165) is 27.1 Å². The first-order chi connectivity index (χ1) is 19.2. The standard InChI is InChI=1S/C33H34O6S/c1-20(2)25-12-10-21(3)16-29(25)40-30-26(22(4)31(34)35)18-33(39-32(30)36,24-8-6-5-7-9-24)15-14-23-11-13-27-28(17-23)38-19-37-27/h5-13,16-17,20,22H,14-15,18-19H2,1-4H3,(H,34,35). The number of thioether (sulfide) groups is 1. The molecule has 0 saturated heterocycles. The zero-order valence-corrected chi connectivity index (χ0v) is 24.0. The number of aryl methyl sites for hydroxylation is 2. The summed E-state index contributed by atoms with van der Waals surface area (Å²) in [6, 6.07) is 21.7. The van der Waals surface area contributed by atoms with Gasteiger partial charge in [0.05, 0.1) is 10.8 Å². The largest absolute Gasteiger partial charge is 0.481 e. The third-order valence-corrected chi connectivity index (χ3v) is 8.90. The highest BCUT2D eigenvalue weighted by atomic mass is 32.2. The van der Waals surface area contributed by atoms with Gasteiger partial charge in [-0.3, -0.25) is 4.79 Å². The molecule has 2 unspecified atom stereocenters. The second-order valence-electron chi connectivity index (χ2n) is 10.8. The summed E-state index contributed by atoms with van der Waals surface area (Å²) in [4.78, 5) is 27.6. The number of rotatable bonds is 9. The molecule has 0 saturated carbocycles. The first-order valence-corrected chi connectivity index (χ1v) is 14.4. The van der Waals surface area contributed by atoms with Gasteiger partial charge in [-0.25, -0.2) is 4.79 Å². The topological polar surface area (TPSA) is 82.1 Å². The minimum absolute atomic E-state index is 0.200. The lowest BCUT2D eigenvalue weighted by Crippen LogP contribution is -2.39. The molecule has 5 rings (SSSR count). The van der Waals surface area contributed by atoms with E-state index in [0.29, 0.717) is 41.2 Å². The number of carboxylic acid groups (broad SMARTS) is 1. The fraction of sp³-hybridized carbons (Fsp3) is 0.333. The van der Waals surface area contributed by atoms with Gasteiger partial charge in [-0.1, -0.05) is 74.1 Å². The molecule has 3 aromatic rings. The Balaban J connectivity index is 1.56. The summed E-state index contributed by atoms with van der Waals surface area (Å²) in [5.41, 5.74) is 3.65. The van der Waals surface area contributed by atoms with Gasteiger partial charge in [-0.2, -0.15) is 0 Å². The highest BCUT2D eigenvalue weighted by Gasteiger charge is 2.45. The predicted molar refractivity (Wildman–Crippen MR) is 155 cm³/mol. The maximum atomic E-state index is 13.9. The van der Waals surface area contributed by atoms with Gasteiger partial charge in [0.2, 0.25) is 6.79 Å². The smallest absolute Gasteiger partial charge is 0.345 e. The lowest BCUT2D eigenvalue weighted by atomic mass is 9.78. The minimum Gasteiger partial charge on any atom is -0.481 e. The van der Waals surface area contributed by atoms with Crippen LogP contribution in [0.3, 0.4) is 0 Å². The SMILES string of the molecule is Cc1ccc(C(C)C)c(SC2=C(C(C)C(=O)O)CC(CCc3ccc4c(c3)OCO4)(c3ccccc3)OC2=O)c1. The van der Waals surface area contributed by atoms with Crippen molar-refractivity contribution >= 4 is 23.7 Å². The van der Waals surface area contributed by atoms with Crippen LogP contribution >= 0.6 is 11.8 Å². The van der Waals surface area contributed by atoms with Crippen molar-refractivity contribution in [2.45, 2.75) is 63.4 Å². The van der Waals surface area contributed by atoms with Crippen molar-refractivity contribution in [3.8, 4) is 11.5 Å². The van der Waals surface area contributed by atoms with Gasteiger partial charge in [0, 0.05) is 11.3 Å². The number of benzene rings is 3. The van der Waals surface area contributed by atoms with Crippen molar-refractivity contribution in [1.82, 2.24) is 0 Å². The highest BCUT2D eigenvalue weighted by molar-refractivity contribution is 8.04. The van der Waals surface area contributed by atoms with Gasteiger partial charge in [0.15, 0.2) is 11.5 Å². The van der Waals surface area contributed by atoms with Gasteiger partial charge >= 0.3 is 11.9 Å². The van der Waals surface area contributed by atoms with E-state index in [1.165, 1.54) is 11.8 Å². The van der Waals surface area contributed by atoms with Crippen LogP contribution in [-0.2, 0) is 26.3 Å². The maximum absolute atomic E-state index is 13.9. The molecule has 0 radical (unpaired) electrons. The number of carbonyl (C=O) groups is 2. The predicted octanol–water partition coefficient (Wildman–Crippen LogP) is 7.39. The van der Waals surface area contributed by atoms with E-state index in [1.807, 2.05) is 55.5 Å². The maximum Gasteiger partial charge on any atom is 0.345 e. The van der Waals surface area contributed by atoms with Gasteiger partial charge in [-0.05, 0) is 78.6 Å². The summed E-state index contributed by atoms with van der Waals surface area (Å²) < 4.78 is 17.4. The van der Waals surface area contributed by atoms with Crippen molar-refractivity contribution in [3.05, 3.63) is 99.5 Å². The monoisotopic (exact) mass is 558 g/mol. The summed E-state index contributed by atoms with van der Waals surface area (Å²) in [6.45, 7) is 8.09. The zero-order chi connectivity index (χ0) is 28.4. The van der Waals surface area contributed by atoms with Gasteiger partial charge < -0.3 is 19.3 Å². The van der Waals surface area contributed by atoms with Crippen LogP contribution in [0.4, 0.5) is 0 Å². The first kappa shape index (κ1) is 27.8. The molecule has 0 bridgehead atoms. The average molecular weight is 559 g/mol. The normalized spacial score (nSPS) is 19.1. The van der Waals surface area contributed by atoms with E-state index in [4.69, 9.17) is 14.2 Å². The Morgan fingerprint density at radius 2 is 1.75 bits per heavy atom. The number of fused-ring (bicyclic) bond motifs is 1. The summed E-state index contributed by atoms with van der Waals surface area (Å²) in [5, 5.41) is 10.1. The van der Waals surface area contributed by atoms with Crippen molar-refractivity contribution in [3.63, 3.8) is 0 Å². The third kappa shape index (κ3) is 5.61. The van der Waals surface area contributed by atoms with Crippen LogP contribution in [0.1, 0.15) is 61.8 Å². The number of aliphatic carboxylic acids is 1. The molecular weight excluding hydrogens is 524 g/mol. The van der Waals surface area contributed by atoms with Crippen molar-refractivity contribution < 1.29 is 28.9 Å². The van der Waals surface area contributed by atoms with Crippen LogP contribution < -0.4 is 9.47 Å². The van der Waals surface area contributed by atoms with E-state index in [9.17, 15) is 14.7 Å². The number of ether oxygens (including phenoxy) is 3. The molecule has 7 heteroatoms. The van der Waals surface area contributed by atoms with E-state index in [2.05, 4.69) is 32.0 Å². The first-order valence-electron chi connectivity index (χ1n) is 13.6. The summed E-state index contributed by atoms with van der Waals surface area (Å²) in [7, 11) is 0. The molecule has 2 aliphatic rings. The number of carboxylic acids is 1. The molecule has 2 aliphatic heterocycles. The van der Waals surface area contributed by atoms with E-state index < -0.39 is 23.5 Å². The molecule has 2 heterocycles. The highest BCUT2D eigenvalue weighted by Crippen LogP contribution is 2.49. The summed E-state index contributed by atoms with van der Waals surface area (Å²) in [5.74, 6) is -0.640. The minimum atomic E-state index is -1.01. The molecule has 2 atom stereocenters.